The van der Waals surface area contributed by atoms with Crippen LogP contribution in [-0.2, 0) is 10.9 Å². The predicted molar refractivity (Wildman–Crippen MR) is 121 cm³/mol. The molecule has 3 aromatic rings. The summed E-state index contributed by atoms with van der Waals surface area (Å²) in [5.41, 5.74) is 2.54. The van der Waals surface area contributed by atoms with E-state index in [0.29, 0.717) is 17.8 Å². The summed E-state index contributed by atoms with van der Waals surface area (Å²) < 4.78 is 45.6. The first-order valence-corrected chi connectivity index (χ1v) is 11.4. The number of carbonyl (C=O) groups excluding carboxylic acids is 1. The second-order valence-corrected chi connectivity index (χ2v) is 8.89. The van der Waals surface area contributed by atoms with Gasteiger partial charge in [-0.25, -0.2) is 14.6 Å². The maximum atomic E-state index is 13.3. The van der Waals surface area contributed by atoms with Gasteiger partial charge >= 0.3 is 18.2 Å². The Bertz CT molecular complexity index is 1200. The van der Waals surface area contributed by atoms with Gasteiger partial charge in [0.2, 0.25) is 0 Å². The molecule has 6 nitrogen and oxygen atoms in total. The number of ether oxygens (including phenoxy) is 1. The average molecular weight is 491 g/mol. The number of halogens is 3. The molecule has 34 heavy (non-hydrogen) atoms. The number of aromatic carboxylic acids is 1. The highest BCUT2D eigenvalue weighted by molar-refractivity contribution is 7.17. The summed E-state index contributed by atoms with van der Waals surface area (Å²) in [5.74, 6) is -1.99. The highest BCUT2D eigenvalue weighted by atomic mass is 32.1. The van der Waals surface area contributed by atoms with Crippen LogP contribution in [-0.4, -0.2) is 34.8 Å². The van der Waals surface area contributed by atoms with Gasteiger partial charge in [0.15, 0.2) is 10.8 Å². The average Bonchev–Trinajstić information content (AvgIpc) is 3.38. The number of aromatic nitrogens is 1. The third-order valence-electron chi connectivity index (χ3n) is 5.85. The first-order valence-electron chi connectivity index (χ1n) is 10.6. The van der Waals surface area contributed by atoms with Crippen molar-refractivity contribution in [1.82, 2.24) is 4.98 Å². The topological polar surface area (TPSA) is 79.7 Å². The fourth-order valence-electron chi connectivity index (χ4n) is 4.04. The van der Waals surface area contributed by atoms with Crippen LogP contribution >= 0.6 is 11.3 Å². The molecule has 1 unspecified atom stereocenters. The minimum Gasteiger partial charge on any atom is -0.477 e. The van der Waals surface area contributed by atoms with E-state index in [1.807, 2.05) is 48.5 Å². The van der Waals surface area contributed by atoms with Crippen molar-refractivity contribution < 1.29 is 32.6 Å². The van der Waals surface area contributed by atoms with Crippen LogP contribution in [0.1, 0.15) is 52.7 Å². The number of benzene rings is 2. The van der Waals surface area contributed by atoms with Crippen LogP contribution in [0.5, 0.6) is 0 Å². The van der Waals surface area contributed by atoms with Crippen molar-refractivity contribution in [1.29, 1.82) is 0 Å². The summed E-state index contributed by atoms with van der Waals surface area (Å²) in [5, 5.41) is 8.86. The molecule has 1 amide bonds. The molecule has 0 aliphatic heterocycles. The summed E-state index contributed by atoms with van der Waals surface area (Å²) >= 11 is 0.304. The van der Waals surface area contributed by atoms with Gasteiger partial charge in [0, 0.05) is 12.0 Å². The van der Waals surface area contributed by atoms with Gasteiger partial charge in [-0.3, -0.25) is 4.90 Å². The molecule has 1 heterocycles. The number of alkyl halides is 3. The number of anilines is 1. The number of hydrogen-bond donors (Lipinski definition) is 1. The molecule has 1 aliphatic carbocycles. The Balaban J connectivity index is 1.63. The first kappa shape index (κ1) is 23.7. The fraction of sp³-hybridized carbons (Fsp3) is 0.292. The first-order chi connectivity index (χ1) is 16.1. The normalized spacial score (nSPS) is 13.8. The third kappa shape index (κ3) is 4.25. The van der Waals surface area contributed by atoms with E-state index in [9.17, 15) is 27.9 Å². The molecule has 1 atom stereocenters. The van der Waals surface area contributed by atoms with E-state index in [2.05, 4.69) is 4.98 Å². The number of hydrogen-bond acceptors (Lipinski definition) is 5. The maximum absolute atomic E-state index is 13.3. The van der Waals surface area contributed by atoms with Gasteiger partial charge in [0.1, 0.15) is 11.5 Å². The Morgan fingerprint density at radius 2 is 1.68 bits per heavy atom. The second kappa shape index (κ2) is 9.09. The molecule has 0 spiro atoms. The molecule has 0 fully saturated rings. The van der Waals surface area contributed by atoms with Crippen molar-refractivity contribution in [3.63, 3.8) is 0 Å². The van der Waals surface area contributed by atoms with Gasteiger partial charge in [-0.15, -0.1) is 0 Å². The highest BCUT2D eigenvalue weighted by Crippen LogP contribution is 2.45. The molecule has 178 valence electrons. The largest absolute Gasteiger partial charge is 0.477 e. The molecular formula is C24H21F3N2O4S. The zero-order valence-electron chi connectivity index (χ0n) is 18.3. The molecule has 4 rings (SSSR count). The smallest absolute Gasteiger partial charge is 0.435 e. The Labute approximate surface area is 197 Å². The number of nitrogens with zero attached hydrogens (tertiary/aromatic N) is 2. The van der Waals surface area contributed by atoms with E-state index < -0.39 is 34.9 Å². The van der Waals surface area contributed by atoms with Gasteiger partial charge in [0.05, 0.1) is 0 Å². The van der Waals surface area contributed by atoms with Crippen molar-refractivity contribution in [2.75, 3.05) is 11.5 Å². The fourth-order valence-corrected chi connectivity index (χ4v) is 5.06. The quantitative estimate of drug-likeness (QED) is 0.432. The number of amides is 1. The lowest BCUT2D eigenvalue weighted by molar-refractivity contribution is -0.141. The van der Waals surface area contributed by atoms with Crippen LogP contribution in [0.2, 0.25) is 0 Å². The standard InChI is InChI=1S/C24H21F3N2O4S/c1-3-13(2)29(22-28-20(24(25,26)27)19(34-22)21(30)31)23(32)33-12-18-16-10-6-4-8-14(16)15-9-5-7-11-17(15)18/h4-11,13,18H,3,12H2,1-2H3,(H,30,31). The van der Waals surface area contributed by atoms with Crippen LogP contribution in [0.25, 0.3) is 11.1 Å². The van der Waals surface area contributed by atoms with Gasteiger partial charge in [-0.05, 0) is 35.6 Å². The van der Waals surface area contributed by atoms with Crippen LogP contribution in [0, 0.1) is 0 Å². The summed E-state index contributed by atoms with van der Waals surface area (Å²) in [6.45, 7) is 3.37. The summed E-state index contributed by atoms with van der Waals surface area (Å²) in [6.07, 6.45) is -5.45. The SMILES string of the molecule is CCC(C)N(C(=O)OCC1c2ccccc2-c2ccccc21)c1nc(C(F)(F)F)c(C(=O)O)s1. The van der Waals surface area contributed by atoms with E-state index in [4.69, 9.17) is 4.74 Å². The Kier molecular flexibility index (Phi) is 6.35. The lowest BCUT2D eigenvalue weighted by Gasteiger charge is -2.26. The number of fused-ring (bicyclic) bond motifs is 3. The molecular weight excluding hydrogens is 469 g/mol. The predicted octanol–water partition coefficient (Wildman–Crippen LogP) is 6.41. The summed E-state index contributed by atoms with van der Waals surface area (Å²) in [7, 11) is 0. The van der Waals surface area contributed by atoms with E-state index in [-0.39, 0.29) is 17.7 Å². The van der Waals surface area contributed by atoms with E-state index in [0.717, 1.165) is 27.2 Å². The van der Waals surface area contributed by atoms with Crippen molar-refractivity contribution in [3.05, 3.63) is 70.2 Å². The van der Waals surface area contributed by atoms with E-state index in [1.54, 1.807) is 13.8 Å². The highest BCUT2D eigenvalue weighted by Gasteiger charge is 2.41. The number of rotatable bonds is 6. The van der Waals surface area contributed by atoms with Gasteiger partial charge in [0.25, 0.3) is 0 Å². The van der Waals surface area contributed by atoms with Crippen LogP contribution in [0.15, 0.2) is 48.5 Å². The van der Waals surface area contributed by atoms with Gasteiger partial charge in [-0.1, -0.05) is 66.8 Å². The third-order valence-corrected chi connectivity index (χ3v) is 6.89. The van der Waals surface area contributed by atoms with Crippen molar-refractivity contribution in [2.45, 2.75) is 38.4 Å². The Morgan fingerprint density at radius 3 is 2.15 bits per heavy atom. The minimum atomic E-state index is -4.97. The molecule has 0 radical (unpaired) electrons. The van der Waals surface area contributed by atoms with Crippen LogP contribution in [0.4, 0.5) is 23.1 Å². The lowest BCUT2D eigenvalue weighted by atomic mass is 9.98. The van der Waals surface area contributed by atoms with Crippen LogP contribution in [0.3, 0.4) is 0 Å². The van der Waals surface area contributed by atoms with E-state index in [1.165, 1.54) is 0 Å². The Hall–Kier alpha value is -3.40. The molecule has 0 bridgehead atoms. The maximum Gasteiger partial charge on any atom is 0.435 e. The molecule has 2 aromatic carbocycles. The van der Waals surface area contributed by atoms with E-state index >= 15 is 0 Å². The molecule has 0 saturated carbocycles. The zero-order valence-corrected chi connectivity index (χ0v) is 19.1. The lowest BCUT2D eigenvalue weighted by Crippen LogP contribution is -2.39. The second-order valence-electron chi connectivity index (χ2n) is 7.91. The van der Waals surface area contributed by atoms with Crippen molar-refractivity contribution in [3.8, 4) is 11.1 Å². The zero-order chi connectivity index (χ0) is 24.6. The number of thiazole rings is 1. The summed E-state index contributed by atoms with van der Waals surface area (Å²) in [4.78, 5) is 28.0. The van der Waals surface area contributed by atoms with Crippen molar-refractivity contribution >= 4 is 28.5 Å². The molecule has 0 saturated heterocycles. The van der Waals surface area contributed by atoms with Gasteiger partial charge < -0.3 is 9.84 Å². The number of carboxylic acid groups (broad SMARTS) is 1. The minimum absolute atomic E-state index is 0.0247. The monoisotopic (exact) mass is 490 g/mol. The number of carbonyl (C=O) groups is 2. The molecule has 10 heteroatoms. The van der Waals surface area contributed by atoms with Gasteiger partial charge in [-0.2, -0.15) is 13.2 Å². The van der Waals surface area contributed by atoms with Crippen molar-refractivity contribution in [2.24, 2.45) is 0 Å². The summed E-state index contributed by atoms with van der Waals surface area (Å²) in [6, 6.07) is 15.0. The van der Waals surface area contributed by atoms with Crippen LogP contribution < -0.4 is 4.90 Å². The number of carboxylic acids is 1. The molecule has 1 aliphatic rings. The Morgan fingerprint density at radius 1 is 1.12 bits per heavy atom. The molecule has 1 aromatic heterocycles. The molecule has 1 N–H and O–H groups in total.